The second-order valence-electron chi connectivity index (χ2n) is 4.93. The zero-order valence-electron chi connectivity index (χ0n) is 11.8. The van der Waals surface area contributed by atoms with Gasteiger partial charge in [0.25, 0.3) is 11.5 Å². The Kier molecular flexibility index (Phi) is 4.28. The van der Waals surface area contributed by atoms with Crippen molar-refractivity contribution in [3.63, 3.8) is 0 Å². The van der Waals surface area contributed by atoms with E-state index in [1.165, 1.54) is 14.0 Å². The van der Waals surface area contributed by atoms with Crippen LogP contribution in [0.2, 0.25) is 0 Å². The Bertz CT molecular complexity index is 625. The third-order valence-corrected chi connectivity index (χ3v) is 3.31. The van der Waals surface area contributed by atoms with Crippen molar-refractivity contribution in [2.45, 2.75) is 44.7 Å². The lowest BCUT2D eigenvalue weighted by Crippen LogP contribution is -2.38. The van der Waals surface area contributed by atoms with E-state index in [-0.39, 0.29) is 6.42 Å². The highest BCUT2D eigenvalue weighted by Crippen LogP contribution is 2.31. The zero-order chi connectivity index (χ0) is 15.8. The molecule has 1 aromatic heterocycles. The molecule has 1 aliphatic heterocycles. The highest BCUT2D eigenvalue weighted by Gasteiger charge is 2.39. The molecule has 0 aliphatic carbocycles. The lowest BCUT2D eigenvalue weighted by molar-refractivity contribution is -0.356. The second-order valence-corrected chi connectivity index (χ2v) is 4.93. The molecule has 1 aliphatic rings. The third kappa shape index (κ3) is 3.38. The van der Waals surface area contributed by atoms with Crippen LogP contribution in [0.1, 0.15) is 26.5 Å². The molecule has 2 rings (SSSR count). The van der Waals surface area contributed by atoms with E-state index in [9.17, 15) is 19.1 Å². The molecule has 21 heavy (non-hydrogen) atoms. The molecule has 0 aromatic carbocycles. The maximum atomic E-state index is 13.3. The molecule has 8 nitrogen and oxygen atoms in total. The van der Waals surface area contributed by atoms with Gasteiger partial charge in [-0.25, -0.2) is 4.79 Å². The first kappa shape index (κ1) is 15.8. The van der Waals surface area contributed by atoms with Crippen LogP contribution in [-0.4, -0.2) is 39.9 Å². The van der Waals surface area contributed by atoms with Crippen LogP contribution in [0, 0.1) is 5.82 Å². The molecule has 1 saturated heterocycles. The molecule has 4 atom stereocenters. The molecule has 2 heterocycles. The van der Waals surface area contributed by atoms with E-state index in [1.807, 2.05) is 4.98 Å². The zero-order valence-corrected chi connectivity index (χ0v) is 11.8. The number of aromatic nitrogens is 2. The fourth-order valence-corrected chi connectivity index (χ4v) is 2.11. The van der Waals surface area contributed by atoms with Crippen LogP contribution < -0.4 is 11.2 Å². The number of halogens is 1. The highest BCUT2D eigenvalue weighted by molar-refractivity contribution is 4.91. The van der Waals surface area contributed by atoms with Crippen molar-refractivity contribution < 1.29 is 23.7 Å². The summed E-state index contributed by atoms with van der Waals surface area (Å²) in [6.45, 7) is 3.00. The lowest BCUT2D eigenvalue weighted by atomic mass is 10.2. The summed E-state index contributed by atoms with van der Waals surface area (Å²) in [5, 5.41) is 9.72. The van der Waals surface area contributed by atoms with Crippen molar-refractivity contribution in [1.82, 2.24) is 9.55 Å². The Morgan fingerprint density at radius 1 is 1.57 bits per heavy atom. The summed E-state index contributed by atoms with van der Waals surface area (Å²) >= 11 is 0. The molecule has 9 heteroatoms. The number of hydrogen-bond acceptors (Lipinski definition) is 6. The molecule has 1 aromatic rings. The molecular formula is C12H17FN2O6. The molecule has 2 N–H and O–H groups in total. The van der Waals surface area contributed by atoms with E-state index >= 15 is 0 Å². The van der Waals surface area contributed by atoms with Gasteiger partial charge in [0.1, 0.15) is 6.23 Å². The van der Waals surface area contributed by atoms with Gasteiger partial charge in [-0.15, -0.1) is 0 Å². The van der Waals surface area contributed by atoms with E-state index in [0.29, 0.717) is 0 Å². The molecule has 1 unspecified atom stereocenters. The molecule has 0 spiro atoms. The molecular weight excluding hydrogens is 287 g/mol. The molecule has 0 saturated carbocycles. The van der Waals surface area contributed by atoms with Gasteiger partial charge in [-0.1, -0.05) is 0 Å². The van der Waals surface area contributed by atoms with Gasteiger partial charge in [0.15, 0.2) is 0 Å². The molecule has 0 amide bonds. The average molecular weight is 304 g/mol. The summed E-state index contributed by atoms with van der Waals surface area (Å²) in [5.41, 5.74) is -1.87. The number of hydrogen-bond donors (Lipinski definition) is 2. The predicted octanol–water partition coefficient (Wildman–Crippen LogP) is -0.319. The fraction of sp³-hybridized carbons (Fsp3) is 0.667. The van der Waals surface area contributed by atoms with Crippen molar-refractivity contribution in [2.75, 3.05) is 7.11 Å². The Morgan fingerprint density at radius 2 is 2.24 bits per heavy atom. The molecule has 0 radical (unpaired) electrons. The summed E-state index contributed by atoms with van der Waals surface area (Å²) in [7, 11) is 1.28. The van der Waals surface area contributed by atoms with Crippen LogP contribution >= 0.6 is 0 Å². The minimum atomic E-state index is -1.79. The van der Waals surface area contributed by atoms with Crippen molar-refractivity contribution in [2.24, 2.45) is 0 Å². The first-order valence-corrected chi connectivity index (χ1v) is 6.35. The van der Waals surface area contributed by atoms with Gasteiger partial charge in [-0.05, 0) is 6.92 Å². The smallest absolute Gasteiger partial charge is 0.330 e. The van der Waals surface area contributed by atoms with Gasteiger partial charge in [0.2, 0.25) is 5.82 Å². The molecule has 1 fully saturated rings. The molecule has 0 bridgehead atoms. The van der Waals surface area contributed by atoms with Gasteiger partial charge >= 0.3 is 5.69 Å². The number of rotatable bonds is 4. The summed E-state index contributed by atoms with van der Waals surface area (Å²) in [4.78, 5) is 24.5. The van der Waals surface area contributed by atoms with Gasteiger partial charge in [-0.3, -0.25) is 14.3 Å². The fourth-order valence-electron chi connectivity index (χ4n) is 2.11. The average Bonchev–Trinajstić information content (AvgIpc) is 2.74. The minimum Gasteiger partial charge on any atom is -0.352 e. The first-order chi connectivity index (χ1) is 9.73. The first-order valence-electron chi connectivity index (χ1n) is 6.35. The van der Waals surface area contributed by atoms with Gasteiger partial charge in [-0.2, -0.15) is 4.39 Å². The number of nitrogens with one attached hydrogen (secondary N) is 1. The van der Waals surface area contributed by atoms with Crippen LogP contribution in [0.15, 0.2) is 15.8 Å². The topological polar surface area (TPSA) is 103 Å². The third-order valence-electron chi connectivity index (χ3n) is 3.31. The Morgan fingerprint density at radius 3 is 2.86 bits per heavy atom. The van der Waals surface area contributed by atoms with E-state index in [2.05, 4.69) is 0 Å². The van der Waals surface area contributed by atoms with Crippen molar-refractivity contribution >= 4 is 0 Å². The summed E-state index contributed by atoms with van der Waals surface area (Å²) < 4.78 is 29.8. The Balaban J connectivity index is 2.20. The van der Waals surface area contributed by atoms with E-state index < -0.39 is 41.5 Å². The van der Waals surface area contributed by atoms with Crippen LogP contribution in [-0.2, 0) is 14.2 Å². The van der Waals surface area contributed by atoms with Crippen molar-refractivity contribution in [3.05, 3.63) is 32.9 Å². The SMILES string of the molecule is COC(C)(O)O[C@H]1C[C@H](n2cc(F)c(=O)[nH]c2=O)O[C@@H]1C. The maximum Gasteiger partial charge on any atom is 0.330 e. The summed E-state index contributed by atoms with van der Waals surface area (Å²) in [6.07, 6.45) is -0.858. The number of ether oxygens (including phenoxy) is 3. The lowest BCUT2D eigenvalue weighted by Gasteiger charge is -2.26. The largest absolute Gasteiger partial charge is 0.352 e. The van der Waals surface area contributed by atoms with Gasteiger partial charge in [0.05, 0.1) is 18.4 Å². The monoisotopic (exact) mass is 304 g/mol. The number of nitrogens with zero attached hydrogens (tertiary/aromatic N) is 1. The molecule has 118 valence electrons. The Hall–Kier alpha value is -1.55. The van der Waals surface area contributed by atoms with Gasteiger partial charge < -0.3 is 19.3 Å². The van der Waals surface area contributed by atoms with E-state index in [4.69, 9.17) is 14.2 Å². The normalized spacial score (nSPS) is 28.5. The van der Waals surface area contributed by atoms with Crippen LogP contribution in [0.4, 0.5) is 4.39 Å². The van der Waals surface area contributed by atoms with E-state index in [1.54, 1.807) is 6.92 Å². The Labute approximate surface area is 119 Å². The van der Waals surface area contributed by atoms with Crippen molar-refractivity contribution in [1.29, 1.82) is 0 Å². The predicted molar refractivity (Wildman–Crippen MR) is 68.0 cm³/mol. The van der Waals surface area contributed by atoms with Crippen LogP contribution in [0.5, 0.6) is 0 Å². The van der Waals surface area contributed by atoms with Crippen molar-refractivity contribution in [3.8, 4) is 0 Å². The van der Waals surface area contributed by atoms with Crippen LogP contribution in [0.25, 0.3) is 0 Å². The maximum absolute atomic E-state index is 13.3. The minimum absolute atomic E-state index is 0.187. The number of H-pyrrole nitrogens is 1. The van der Waals surface area contributed by atoms with Crippen LogP contribution in [0.3, 0.4) is 0 Å². The van der Waals surface area contributed by atoms with Gasteiger partial charge in [0, 0.05) is 20.5 Å². The highest BCUT2D eigenvalue weighted by atomic mass is 19.1. The summed E-state index contributed by atoms with van der Waals surface area (Å²) in [6, 6.07) is 0. The van der Waals surface area contributed by atoms with E-state index in [0.717, 1.165) is 10.8 Å². The second kappa shape index (κ2) is 5.68. The summed E-state index contributed by atoms with van der Waals surface area (Å²) in [5.74, 6) is -2.88. The standard InChI is InChI=1S/C12H17FN2O6/c1-6-8(21-12(2,18)19-3)4-9(20-6)15-5-7(13)10(16)14-11(15)17/h5-6,8-9,18H,4H2,1-3H3,(H,14,16,17)/t6-,8+,9-,12?/m1/s1. The number of aromatic amines is 1. The quantitative estimate of drug-likeness (QED) is 0.739. The number of methoxy groups -OCH3 is 1. The number of aliphatic hydroxyl groups is 1.